The summed E-state index contributed by atoms with van der Waals surface area (Å²) in [6.45, 7) is 5.87. The maximum absolute atomic E-state index is 14.0. The number of Topliss-reactive ketones (excluding diaryl/α,β-unsaturated/α-hetero) is 1. The second kappa shape index (κ2) is 12.9. The van der Waals surface area contributed by atoms with Gasteiger partial charge in [-0.15, -0.1) is 0 Å². The summed E-state index contributed by atoms with van der Waals surface area (Å²) >= 11 is 0. The van der Waals surface area contributed by atoms with E-state index in [2.05, 4.69) is 13.8 Å². The van der Waals surface area contributed by atoms with Crippen molar-refractivity contribution in [3.05, 3.63) is 47.3 Å². The number of unbranched alkanes of at least 4 members (excludes halogenated alkanes) is 1. The van der Waals surface area contributed by atoms with Gasteiger partial charge in [-0.1, -0.05) is 47.8 Å². The highest BCUT2D eigenvalue weighted by Crippen LogP contribution is 2.55. The van der Waals surface area contributed by atoms with Crippen LogP contribution in [0.3, 0.4) is 0 Å². The topological polar surface area (TPSA) is 54.0 Å². The number of hydrogen-bond acceptors (Lipinski definition) is 5. The van der Waals surface area contributed by atoms with Gasteiger partial charge in [-0.3, -0.25) is 4.79 Å². The van der Waals surface area contributed by atoms with Crippen LogP contribution in [0.2, 0.25) is 0 Å². The van der Waals surface area contributed by atoms with E-state index in [1.165, 1.54) is 19.1 Å². The SMILES string of the molecule is CCCCC(CCC)(Pc1ccc(F)cc1C(C)=O)c1cc(OC)cc(OC)c1OCOC. The first-order valence-electron chi connectivity index (χ1n) is 11.3. The summed E-state index contributed by atoms with van der Waals surface area (Å²) < 4.78 is 36.5. The highest BCUT2D eigenvalue weighted by Gasteiger charge is 2.37. The Labute approximate surface area is 198 Å². The maximum Gasteiger partial charge on any atom is 0.188 e. The lowest BCUT2D eigenvalue weighted by Gasteiger charge is -2.37. The van der Waals surface area contributed by atoms with Gasteiger partial charge in [-0.2, -0.15) is 0 Å². The summed E-state index contributed by atoms with van der Waals surface area (Å²) in [7, 11) is 5.02. The molecule has 5 nitrogen and oxygen atoms in total. The van der Waals surface area contributed by atoms with Crippen molar-refractivity contribution in [1.82, 2.24) is 0 Å². The van der Waals surface area contributed by atoms with Gasteiger partial charge in [0.1, 0.15) is 11.6 Å². The second-order valence-corrected chi connectivity index (χ2v) is 9.81. The van der Waals surface area contributed by atoms with Crippen LogP contribution in [0.25, 0.3) is 0 Å². The molecule has 0 aromatic heterocycles. The Morgan fingerprint density at radius 1 is 1.03 bits per heavy atom. The molecule has 0 radical (unpaired) electrons. The summed E-state index contributed by atoms with van der Waals surface area (Å²) in [5.74, 6) is 1.30. The highest BCUT2D eigenvalue weighted by atomic mass is 31.1. The molecule has 0 saturated carbocycles. The van der Waals surface area contributed by atoms with Crippen LogP contribution in [0.5, 0.6) is 17.2 Å². The van der Waals surface area contributed by atoms with Crippen molar-refractivity contribution in [2.45, 2.75) is 58.0 Å². The van der Waals surface area contributed by atoms with E-state index in [0.29, 0.717) is 22.8 Å². The molecule has 0 spiro atoms. The fourth-order valence-electron chi connectivity index (χ4n) is 4.14. The molecule has 2 rings (SSSR count). The fraction of sp³-hybridized carbons (Fsp3) is 0.500. The Morgan fingerprint density at radius 3 is 2.36 bits per heavy atom. The van der Waals surface area contributed by atoms with E-state index in [4.69, 9.17) is 18.9 Å². The number of ketones is 1. The van der Waals surface area contributed by atoms with Gasteiger partial charge < -0.3 is 18.9 Å². The summed E-state index contributed by atoms with van der Waals surface area (Å²) in [5.41, 5.74) is 1.39. The zero-order valence-corrected chi connectivity index (χ0v) is 21.5. The molecule has 0 amide bonds. The molecule has 7 heteroatoms. The average molecular weight is 479 g/mol. The van der Waals surface area contributed by atoms with Gasteiger partial charge in [-0.05, 0) is 43.3 Å². The van der Waals surface area contributed by atoms with E-state index in [9.17, 15) is 9.18 Å². The van der Waals surface area contributed by atoms with Gasteiger partial charge in [0, 0.05) is 29.5 Å². The lowest BCUT2D eigenvalue weighted by Crippen LogP contribution is -2.27. The molecule has 2 unspecified atom stereocenters. The van der Waals surface area contributed by atoms with E-state index >= 15 is 0 Å². The van der Waals surface area contributed by atoms with Crippen molar-refractivity contribution in [2.24, 2.45) is 0 Å². The van der Waals surface area contributed by atoms with Crippen molar-refractivity contribution in [3.8, 4) is 17.2 Å². The fourth-order valence-corrected chi connectivity index (χ4v) is 6.20. The lowest BCUT2D eigenvalue weighted by molar-refractivity contribution is 0.0478. The third-order valence-electron chi connectivity index (χ3n) is 5.69. The first-order chi connectivity index (χ1) is 15.8. The van der Waals surface area contributed by atoms with Crippen LogP contribution in [-0.4, -0.2) is 33.9 Å². The third-order valence-corrected chi connectivity index (χ3v) is 7.64. The number of carbonyl (C=O) groups excluding carboxylic acids is 1. The molecule has 0 bridgehead atoms. The van der Waals surface area contributed by atoms with E-state index < -0.39 is 5.82 Å². The maximum atomic E-state index is 14.0. The summed E-state index contributed by atoms with van der Waals surface area (Å²) in [5, 5.41) is 0.505. The number of benzene rings is 2. The molecule has 0 saturated heterocycles. The predicted octanol–water partition coefficient (Wildman–Crippen LogP) is 6.22. The van der Waals surface area contributed by atoms with Crippen molar-refractivity contribution in [3.63, 3.8) is 0 Å². The standard InChI is InChI=1S/C26H36FO5P/c1-7-9-13-26(12-8-2,33-24-11-10-19(27)14-21(24)18(3)28)22-15-20(30-5)16-23(31-6)25(22)32-17-29-4/h10-11,14-16,33H,7-9,12-13,17H2,1-6H3. The van der Waals surface area contributed by atoms with E-state index in [1.807, 2.05) is 6.07 Å². The first kappa shape index (κ1) is 27.1. The minimum atomic E-state index is -0.407. The zero-order chi connectivity index (χ0) is 24.4. The van der Waals surface area contributed by atoms with Gasteiger partial charge in [0.05, 0.1) is 14.2 Å². The van der Waals surface area contributed by atoms with Crippen LogP contribution in [0.15, 0.2) is 30.3 Å². The normalized spacial score (nSPS) is 13.2. The Morgan fingerprint density at radius 2 is 1.79 bits per heavy atom. The summed E-state index contributed by atoms with van der Waals surface area (Å²) in [6, 6.07) is 8.32. The molecule has 2 atom stereocenters. The largest absolute Gasteiger partial charge is 0.497 e. The Bertz CT molecular complexity index is 933. The number of carbonyl (C=O) groups is 1. The van der Waals surface area contributed by atoms with Crippen molar-refractivity contribution < 1.29 is 28.1 Å². The monoisotopic (exact) mass is 478 g/mol. The molecule has 2 aromatic carbocycles. The zero-order valence-electron chi connectivity index (χ0n) is 20.5. The predicted molar refractivity (Wildman–Crippen MR) is 133 cm³/mol. The van der Waals surface area contributed by atoms with E-state index in [0.717, 1.165) is 43.0 Å². The number of rotatable bonds is 14. The van der Waals surface area contributed by atoms with Crippen molar-refractivity contribution >= 4 is 19.7 Å². The molecule has 0 heterocycles. The molecular formula is C26H36FO5P. The number of hydrogen-bond donors (Lipinski definition) is 0. The second-order valence-electron chi connectivity index (χ2n) is 8.06. The van der Waals surface area contributed by atoms with Crippen LogP contribution in [0.1, 0.15) is 68.8 Å². The average Bonchev–Trinajstić information content (AvgIpc) is 2.81. The number of halogens is 1. The number of methoxy groups -OCH3 is 3. The van der Waals surface area contributed by atoms with Crippen LogP contribution in [0.4, 0.5) is 4.39 Å². The molecule has 0 aliphatic carbocycles. The molecule has 182 valence electrons. The molecule has 0 N–H and O–H groups in total. The van der Waals surface area contributed by atoms with Crippen LogP contribution in [0, 0.1) is 5.82 Å². The third kappa shape index (κ3) is 6.68. The van der Waals surface area contributed by atoms with Gasteiger partial charge in [-0.25, -0.2) is 4.39 Å². The molecule has 0 aliphatic heterocycles. The molecule has 0 aliphatic rings. The minimum absolute atomic E-state index is 0.0734. The van der Waals surface area contributed by atoms with Gasteiger partial charge in [0.15, 0.2) is 24.1 Å². The minimum Gasteiger partial charge on any atom is -0.497 e. The molecule has 0 fully saturated rings. The van der Waals surface area contributed by atoms with Crippen LogP contribution < -0.4 is 19.5 Å². The Hall–Kier alpha value is -2.17. The number of ether oxygens (including phenoxy) is 4. The van der Waals surface area contributed by atoms with Crippen molar-refractivity contribution in [2.75, 3.05) is 28.1 Å². The van der Waals surface area contributed by atoms with Crippen LogP contribution >= 0.6 is 8.58 Å². The van der Waals surface area contributed by atoms with Crippen LogP contribution in [-0.2, 0) is 9.89 Å². The molecule has 33 heavy (non-hydrogen) atoms. The van der Waals surface area contributed by atoms with E-state index in [-0.39, 0.29) is 26.3 Å². The highest BCUT2D eigenvalue weighted by molar-refractivity contribution is 7.48. The molecular weight excluding hydrogens is 442 g/mol. The van der Waals surface area contributed by atoms with Gasteiger partial charge in [0.25, 0.3) is 0 Å². The quantitative estimate of drug-likeness (QED) is 0.183. The Balaban J connectivity index is 2.80. The van der Waals surface area contributed by atoms with Crippen molar-refractivity contribution in [1.29, 1.82) is 0 Å². The smallest absolute Gasteiger partial charge is 0.188 e. The summed E-state index contributed by atoms with van der Waals surface area (Å²) in [4.78, 5) is 12.4. The lowest BCUT2D eigenvalue weighted by atomic mass is 9.87. The molecule has 2 aromatic rings. The van der Waals surface area contributed by atoms with E-state index in [1.54, 1.807) is 33.5 Å². The van der Waals surface area contributed by atoms with Gasteiger partial charge >= 0.3 is 0 Å². The Kier molecular flexibility index (Phi) is 10.6. The van der Waals surface area contributed by atoms with Gasteiger partial charge in [0.2, 0.25) is 0 Å². The first-order valence-corrected chi connectivity index (χ1v) is 12.3. The summed E-state index contributed by atoms with van der Waals surface area (Å²) in [6.07, 6.45) is 4.68.